The number of alkyl halides is 3. The standard InChI is InChI=1S/C9H12F3N3/c10-9(11,12)4-2-6-14-7-3-1-5-15-8(7)13/h1,3,5,14H,2,4,6H2,(H2,13,15). The van der Waals surface area contributed by atoms with E-state index in [1.165, 1.54) is 6.20 Å². The predicted molar refractivity (Wildman–Crippen MR) is 52.4 cm³/mol. The normalized spacial score (nSPS) is 11.4. The quantitative estimate of drug-likeness (QED) is 0.764. The molecule has 1 aromatic heterocycles. The second-order valence-corrected chi connectivity index (χ2v) is 3.08. The molecule has 0 unspecified atom stereocenters. The second-order valence-electron chi connectivity index (χ2n) is 3.08. The Hall–Kier alpha value is -1.46. The highest BCUT2D eigenvalue weighted by molar-refractivity contribution is 5.60. The van der Waals surface area contributed by atoms with Gasteiger partial charge in [-0.1, -0.05) is 0 Å². The molecule has 0 aliphatic rings. The first-order valence-electron chi connectivity index (χ1n) is 4.50. The Morgan fingerprint density at radius 3 is 2.73 bits per heavy atom. The molecular formula is C9H12F3N3. The number of nitrogens with two attached hydrogens (primary N) is 1. The Morgan fingerprint density at radius 1 is 1.40 bits per heavy atom. The number of pyridine rings is 1. The number of halogens is 3. The zero-order chi connectivity index (χ0) is 11.3. The molecule has 1 heterocycles. The third-order valence-electron chi connectivity index (χ3n) is 1.79. The van der Waals surface area contributed by atoms with Crippen molar-refractivity contribution in [2.75, 3.05) is 17.6 Å². The summed E-state index contributed by atoms with van der Waals surface area (Å²) in [4.78, 5) is 3.80. The van der Waals surface area contributed by atoms with Gasteiger partial charge in [-0.25, -0.2) is 4.98 Å². The van der Waals surface area contributed by atoms with Gasteiger partial charge in [0.2, 0.25) is 0 Å². The van der Waals surface area contributed by atoms with Crippen LogP contribution in [0.3, 0.4) is 0 Å². The minimum Gasteiger partial charge on any atom is -0.382 e. The van der Waals surface area contributed by atoms with E-state index in [0.717, 1.165) is 0 Å². The Bertz CT molecular complexity index is 312. The monoisotopic (exact) mass is 219 g/mol. The molecule has 0 fully saturated rings. The van der Waals surface area contributed by atoms with E-state index in [0.29, 0.717) is 11.5 Å². The molecule has 1 aromatic rings. The maximum Gasteiger partial charge on any atom is 0.389 e. The first-order chi connectivity index (χ1) is 6.99. The van der Waals surface area contributed by atoms with Crippen LogP contribution in [-0.4, -0.2) is 17.7 Å². The van der Waals surface area contributed by atoms with E-state index >= 15 is 0 Å². The molecule has 0 aliphatic heterocycles. The van der Waals surface area contributed by atoms with Crippen LogP contribution in [0.25, 0.3) is 0 Å². The summed E-state index contributed by atoms with van der Waals surface area (Å²) in [6.07, 6.45) is -3.34. The number of rotatable bonds is 4. The van der Waals surface area contributed by atoms with Crippen molar-refractivity contribution in [3.63, 3.8) is 0 Å². The molecule has 0 aliphatic carbocycles. The highest BCUT2D eigenvalue weighted by Crippen LogP contribution is 2.21. The maximum absolute atomic E-state index is 11.8. The molecule has 0 aromatic carbocycles. The smallest absolute Gasteiger partial charge is 0.382 e. The third-order valence-corrected chi connectivity index (χ3v) is 1.79. The van der Waals surface area contributed by atoms with E-state index in [9.17, 15) is 13.2 Å². The summed E-state index contributed by atoms with van der Waals surface area (Å²) >= 11 is 0. The number of hydrogen-bond acceptors (Lipinski definition) is 3. The van der Waals surface area contributed by atoms with Gasteiger partial charge in [-0.2, -0.15) is 13.2 Å². The SMILES string of the molecule is Nc1ncccc1NCCCC(F)(F)F. The first-order valence-corrected chi connectivity index (χ1v) is 4.50. The highest BCUT2D eigenvalue weighted by atomic mass is 19.4. The van der Waals surface area contributed by atoms with Crippen molar-refractivity contribution in [2.24, 2.45) is 0 Å². The molecule has 3 N–H and O–H groups in total. The topological polar surface area (TPSA) is 50.9 Å². The van der Waals surface area contributed by atoms with E-state index in [1.54, 1.807) is 12.1 Å². The van der Waals surface area contributed by atoms with E-state index in [4.69, 9.17) is 5.73 Å². The molecule has 0 amide bonds. The largest absolute Gasteiger partial charge is 0.389 e. The number of nitrogens with zero attached hydrogens (tertiary/aromatic N) is 1. The maximum atomic E-state index is 11.8. The summed E-state index contributed by atoms with van der Waals surface area (Å²) in [6, 6.07) is 3.35. The molecule has 6 heteroatoms. The molecule has 15 heavy (non-hydrogen) atoms. The van der Waals surface area contributed by atoms with Gasteiger partial charge in [0.1, 0.15) is 5.82 Å². The molecule has 0 bridgehead atoms. The number of aromatic nitrogens is 1. The molecular weight excluding hydrogens is 207 g/mol. The lowest BCUT2D eigenvalue weighted by molar-refractivity contribution is -0.134. The van der Waals surface area contributed by atoms with Crippen LogP contribution in [0.1, 0.15) is 12.8 Å². The van der Waals surface area contributed by atoms with Crippen molar-refractivity contribution in [1.29, 1.82) is 0 Å². The van der Waals surface area contributed by atoms with Gasteiger partial charge in [0, 0.05) is 19.2 Å². The molecule has 0 atom stereocenters. The summed E-state index contributed by atoms with van der Waals surface area (Å²) in [6.45, 7) is 0.232. The minimum absolute atomic E-state index is 0.0256. The Morgan fingerprint density at radius 2 is 2.13 bits per heavy atom. The average Bonchev–Trinajstić information content (AvgIpc) is 2.13. The van der Waals surface area contributed by atoms with Crippen LogP contribution in [-0.2, 0) is 0 Å². The van der Waals surface area contributed by atoms with Crippen LogP contribution in [0.2, 0.25) is 0 Å². The van der Waals surface area contributed by atoms with Gasteiger partial charge in [-0.05, 0) is 18.6 Å². The van der Waals surface area contributed by atoms with Crippen LogP contribution >= 0.6 is 0 Å². The Kier molecular flexibility index (Phi) is 3.76. The molecule has 1 rings (SSSR count). The Labute approximate surface area is 85.5 Å². The van der Waals surface area contributed by atoms with Crippen LogP contribution < -0.4 is 11.1 Å². The van der Waals surface area contributed by atoms with Gasteiger partial charge >= 0.3 is 6.18 Å². The summed E-state index contributed by atoms with van der Waals surface area (Å²) in [5, 5.41) is 2.80. The average molecular weight is 219 g/mol. The van der Waals surface area contributed by atoms with Crippen molar-refractivity contribution in [3.05, 3.63) is 18.3 Å². The number of anilines is 2. The highest BCUT2D eigenvalue weighted by Gasteiger charge is 2.25. The second kappa shape index (κ2) is 4.86. The van der Waals surface area contributed by atoms with Gasteiger partial charge < -0.3 is 11.1 Å². The number of hydrogen-bond donors (Lipinski definition) is 2. The van der Waals surface area contributed by atoms with Crippen molar-refractivity contribution in [3.8, 4) is 0 Å². The number of nitrogens with one attached hydrogen (secondary N) is 1. The van der Waals surface area contributed by atoms with Gasteiger partial charge in [-0.3, -0.25) is 0 Å². The fraction of sp³-hybridized carbons (Fsp3) is 0.444. The first kappa shape index (κ1) is 11.6. The molecule has 0 saturated carbocycles. The van der Waals surface area contributed by atoms with Crippen LogP contribution in [0, 0.1) is 0 Å². The van der Waals surface area contributed by atoms with Gasteiger partial charge in [0.25, 0.3) is 0 Å². The van der Waals surface area contributed by atoms with Gasteiger partial charge in [0.05, 0.1) is 5.69 Å². The fourth-order valence-corrected chi connectivity index (χ4v) is 1.08. The van der Waals surface area contributed by atoms with Crippen LogP contribution in [0.4, 0.5) is 24.7 Å². The van der Waals surface area contributed by atoms with Crippen molar-refractivity contribution in [2.45, 2.75) is 19.0 Å². The molecule has 0 saturated heterocycles. The van der Waals surface area contributed by atoms with Crippen LogP contribution in [0.5, 0.6) is 0 Å². The summed E-state index contributed by atoms with van der Waals surface area (Å²) < 4.78 is 35.4. The lowest BCUT2D eigenvalue weighted by Crippen LogP contribution is -2.11. The van der Waals surface area contributed by atoms with Crippen molar-refractivity contribution >= 4 is 11.5 Å². The fourth-order valence-electron chi connectivity index (χ4n) is 1.08. The van der Waals surface area contributed by atoms with Crippen molar-refractivity contribution in [1.82, 2.24) is 4.98 Å². The van der Waals surface area contributed by atoms with Crippen molar-refractivity contribution < 1.29 is 13.2 Å². The Balaban J connectivity index is 2.30. The summed E-state index contributed by atoms with van der Waals surface area (Å²) in [5.41, 5.74) is 6.06. The van der Waals surface area contributed by atoms with Crippen LogP contribution in [0.15, 0.2) is 18.3 Å². The zero-order valence-electron chi connectivity index (χ0n) is 8.01. The minimum atomic E-state index is -4.10. The molecule has 3 nitrogen and oxygen atoms in total. The van der Waals surface area contributed by atoms with Gasteiger partial charge in [-0.15, -0.1) is 0 Å². The lowest BCUT2D eigenvalue weighted by atomic mass is 10.3. The molecule has 84 valence electrons. The van der Waals surface area contributed by atoms with E-state index in [1.807, 2.05) is 0 Å². The number of nitrogen functional groups attached to an aromatic ring is 1. The van der Waals surface area contributed by atoms with E-state index < -0.39 is 12.6 Å². The molecule has 0 radical (unpaired) electrons. The lowest BCUT2D eigenvalue weighted by Gasteiger charge is -2.09. The van der Waals surface area contributed by atoms with E-state index in [-0.39, 0.29) is 13.0 Å². The third kappa shape index (κ3) is 4.53. The molecule has 0 spiro atoms. The van der Waals surface area contributed by atoms with Gasteiger partial charge in [0.15, 0.2) is 0 Å². The van der Waals surface area contributed by atoms with E-state index in [2.05, 4.69) is 10.3 Å². The zero-order valence-corrected chi connectivity index (χ0v) is 8.01. The summed E-state index contributed by atoms with van der Waals surface area (Å²) in [7, 11) is 0. The predicted octanol–water partition coefficient (Wildman–Crippen LogP) is 2.42. The summed E-state index contributed by atoms with van der Waals surface area (Å²) in [5.74, 6) is 0.296.